The number of carbonyl (C=O) groups is 1. The number of carbonyl (C=O) groups excluding carboxylic acids is 1. The molecule has 0 unspecified atom stereocenters. The quantitative estimate of drug-likeness (QED) is 0.481. The molecule has 0 aromatic heterocycles. The maximum absolute atomic E-state index is 11.3. The molecule has 1 amide bonds. The minimum absolute atomic E-state index is 0.260. The molecule has 1 aliphatic rings. The summed E-state index contributed by atoms with van der Waals surface area (Å²) in [7, 11) is 2.14. The first-order valence-corrected chi connectivity index (χ1v) is 6.58. The lowest BCUT2D eigenvalue weighted by atomic mass is 10.1. The Morgan fingerprint density at radius 3 is 2.58 bits per heavy atom. The molecule has 1 fully saturated rings. The van der Waals surface area contributed by atoms with Crippen molar-refractivity contribution in [3.63, 3.8) is 0 Å². The lowest BCUT2D eigenvalue weighted by Crippen LogP contribution is -2.36. The molecule has 5 nitrogen and oxygen atoms in total. The van der Waals surface area contributed by atoms with Gasteiger partial charge in [0.1, 0.15) is 0 Å². The lowest BCUT2D eigenvalue weighted by Gasteiger charge is -2.31. The molecule has 104 valence electrons. The maximum Gasteiger partial charge on any atom is 0.265 e. The number of hydrazine groups is 1. The third kappa shape index (κ3) is 3.76. The predicted octanol–water partition coefficient (Wildman–Crippen LogP) is 0.901. The molecule has 3 N–H and O–H groups in total. The van der Waals surface area contributed by atoms with Crippen LogP contribution in [0.2, 0.25) is 0 Å². The van der Waals surface area contributed by atoms with E-state index in [2.05, 4.69) is 17.4 Å². The molecule has 2 rings (SSSR count). The van der Waals surface area contributed by atoms with E-state index in [1.165, 1.54) is 5.56 Å². The van der Waals surface area contributed by atoms with Gasteiger partial charge in [-0.1, -0.05) is 12.1 Å². The summed E-state index contributed by atoms with van der Waals surface area (Å²) in [6.07, 6.45) is 2.17. The predicted molar refractivity (Wildman–Crippen MR) is 73.4 cm³/mol. The highest BCUT2D eigenvalue weighted by atomic mass is 16.5. The molecule has 19 heavy (non-hydrogen) atoms. The Morgan fingerprint density at radius 1 is 1.37 bits per heavy atom. The van der Waals surface area contributed by atoms with Crippen molar-refractivity contribution in [3.05, 3.63) is 35.4 Å². The monoisotopic (exact) mass is 263 g/mol. The smallest absolute Gasteiger partial charge is 0.265 e. The van der Waals surface area contributed by atoms with Crippen LogP contribution < -0.4 is 11.3 Å². The van der Waals surface area contributed by atoms with Gasteiger partial charge in [0.15, 0.2) is 0 Å². The fourth-order valence-corrected chi connectivity index (χ4v) is 2.39. The largest absolute Gasteiger partial charge is 0.381 e. The standard InChI is InChI=1S/C14H21N3O2/c1-17(13-6-8-19-9-7-13)10-11-2-4-12(5-3-11)14(18)16-15/h2-5,13H,6-10,15H2,1H3,(H,16,18). The van der Waals surface area contributed by atoms with Gasteiger partial charge in [-0.15, -0.1) is 0 Å². The average molecular weight is 263 g/mol. The van der Waals surface area contributed by atoms with Crippen molar-refractivity contribution in [1.29, 1.82) is 0 Å². The average Bonchev–Trinajstić information content (AvgIpc) is 2.48. The van der Waals surface area contributed by atoms with Crippen molar-refractivity contribution >= 4 is 5.91 Å². The molecule has 1 saturated heterocycles. The Balaban J connectivity index is 1.93. The number of nitrogens with two attached hydrogens (primary N) is 1. The molecule has 1 aromatic carbocycles. The highest BCUT2D eigenvalue weighted by Gasteiger charge is 2.18. The zero-order valence-electron chi connectivity index (χ0n) is 11.3. The number of nitrogen functional groups attached to an aromatic ring is 1. The van der Waals surface area contributed by atoms with Crippen LogP contribution in [0.15, 0.2) is 24.3 Å². The van der Waals surface area contributed by atoms with E-state index in [9.17, 15) is 4.79 Å². The molecule has 1 aromatic rings. The summed E-state index contributed by atoms with van der Waals surface area (Å²) in [6.45, 7) is 2.59. The van der Waals surface area contributed by atoms with Crippen LogP contribution in [0.4, 0.5) is 0 Å². The number of hydrogen-bond acceptors (Lipinski definition) is 4. The van der Waals surface area contributed by atoms with E-state index in [1.807, 2.05) is 12.1 Å². The summed E-state index contributed by atoms with van der Waals surface area (Å²) in [5.41, 5.74) is 3.91. The van der Waals surface area contributed by atoms with Gasteiger partial charge in [-0.2, -0.15) is 0 Å². The fraction of sp³-hybridized carbons (Fsp3) is 0.500. The van der Waals surface area contributed by atoms with Gasteiger partial charge in [0.05, 0.1) is 0 Å². The van der Waals surface area contributed by atoms with Crippen molar-refractivity contribution in [3.8, 4) is 0 Å². The van der Waals surface area contributed by atoms with Crippen LogP contribution in [-0.2, 0) is 11.3 Å². The number of amides is 1. The van der Waals surface area contributed by atoms with E-state index in [4.69, 9.17) is 10.6 Å². The van der Waals surface area contributed by atoms with Crippen LogP contribution in [0.25, 0.3) is 0 Å². The molecule has 5 heteroatoms. The fourth-order valence-electron chi connectivity index (χ4n) is 2.39. The van der Waals surface area contributed by atoms with Gasteiger partial charge >= 0.3 is 0 Å². The number of nitrogens with one attached hydrogen (secondary N) is 1. The lowest BCUT2D eigenvalue weighted by molar-refractivity contribution is 0.0407. The first kappa shape index (κ1) is 14.0. The molecular weight excluding hydrogens is 242 g/mol. The molecule has 0 saturated carbocycles. The number of benzene rings is 1. The summed E-state index contributed by atoms with van der Waals surface area (Å²) in [6, 6.07) is 8.13. The van der Waals surface area contributed by atoms with Gasteiger partial charge in [0.25, 0.3) is 5.91 Å². The van der Waals surface area contributed by atoms with Crippen LogP contribution in [0, 0.1) is 0 Å². The Labute approximate surface area is 113 Å². The Bertz CT molecular complexity index is 413. The summed E-state index contributed by atoms with van der Waals surface area (Å²) in [4.78, 5) is 13.7. The second-order valence-corrected chi connectivity index (χ2v) is 4.93. The van der Waals surface area contributed by atoms with E-state index in [1.54, 1.807) is 12.1 Å². The Hall–Kier alpha value is -1.43. The van der Waals surface area contributed by atoms with Gasteiger partial charge in [-0.3, -0.25) is 15.1 Å². The zero-order chi connectivity index (χ0) is 13.7. The summed E-state index contributed by atoms with van der Waals surface area (Å²) < 4.78 is 5.37. The van der Waals surface area contributed by atoms with Crippen LogP contribution in [0.1, 0.15) is 28.8 Å². The Morgan fingerprint density at radius 2 is 2.00 bits per heavy atom. The van der Waals surface area contributed by atoms with Gasteiger partial charge in [0, 0.05) is 31.4 Å². The molecule has 0 radical (unpaired) electrons. The van der Waals surface area contributed by atoms with Gasteiger partial charge in [0.2, 0.25) is 0 Å². The van der Waals surface area contributed by atoms with Crippen LogP contribution in [-0.4, -0.2) is 37.1 Å². The normalized spacial score (nSPS) is 16.6. The van der Waals surface area contributed by atoms with Crippen LogP contribution >= 0.6 is 0 Å². The van der Waals surface area contributed by atoms with Crippen LogP contribution in [0.5, 0.6) is 0 Å². The zero-order valence-corrected chi connectivity index (χ0v) is 11.3. The van der Waals surface area contributed by atoms with E-state index in [0.717, 1.165) is 32.6 Å². The minimum atomic E-state index is -0.260. The number of rotatable bonds is 4. The van der Waals surface area contributed by atoms with E-state index in [-0.39, 0.29) is 5.91 Å². The summed E-state index contributed by atoms with van der Waals surface area (Å²) >= 11 is 0. The third-order valence-corrected chi connectivity index (χ3v) is 3.59. The second-order valence-electron chi connectivity index (χ2n) is 4.93. The molecule has 1 heterocycles. The van der Waals surface area contributed by atoms with Gasteiger partial charge in [-0.05, 0) is 37.6 Å². The first-order chi connectivity index (χ1) is 9.20. The topological polar surface area (TPSA) is 67.6 Å². The Kier molecular flexibility index (Phi) is 4.90. The highest BCUT2D eigenvalue weighted by Crippen LogP contribution is 2.16. The summed E-state index contributed by atoms with van der Waals surface area (Å²) in [5, 5.41) is 0. The van der Waals surface area contributed by atoms with Crippen molar-refractivity contribution < 1.29 is 9.53 Å². The number of ether oxygens (including phenoxy) is 1. The van der Waals surface area contributed by atoms with Crippen molar-refractivity contribution in [2.75, 3.05) is 20.3 Å². The first-order valence-electron chi connectivity index (χ1n) is 6.58. The summed E-state index contributed by atoms with van der Waals surface area (Å²) in [5.74, 6) is 4.84. The third-order valence-electron chi connectivity index (χ3n) is 3.59. The maximum atomic E-state index is 11.3. The van der Waals surface area contributed by atoms with Gasteiger partial charge < -0.3 is 4.74 Å². The minimum Gasteiger partial charge on any atom is -0.381 e. The number of hydrogen-bond donors (Lipinski definition) is 2. The van der Waals surface area contributed by atoms with Crippen molar-refractivity contribution in [2.24, 2.45) is 5.84 Å². The molecule has 0 spiro atoms. The van der Waals surface area contributed by atoms with E-state index >= 15 is 0 Å². The SMILES string of the molecule is CN(Cc1ccc(C(=O)NN)cc1)C1CCOCC1. The molecular formula is C14H21N3O2. The van der Waals surface area contributed by atoms with Gasteiger partial charge in [-0.25, -0.2) is 5.84 Å². The second kappa shape index (κ2) is 6.65. The molecule has 0 aliphatic carbocycles. The molecule has 0 bridgehead atoms. The molecule has 0 atom stereocenters. The molecule has 1 aliphatic heterocycles. The van der Waals surface area contributed by atoms with Crippen molar-refractivity contribution in [1.82, 2.24) is 10.3 Å². The number of nitrogens with zero attached hydrogens (tertiary/aromatic N) is 1. The van der Waals surface area contributed by atoms with E-state index in [0.29, 0.717) is 11.6 Å². The highest BCUT2D eigenvalue weighted by molar-refractivity contribution is 5.93. The van der Waals surface area contributed by atoms with E-state index < -0.39 is 0 Å². The van der Waals surface area contributed by atoms with Crippen molar-refractivity contribution in [2.45, 2.75) is 25.4 Å². The van der Waals surface area contributed by atoms with Crippen LogP contribution in [0.3, 0.4) is 0 Å².